The Morgan fingerprint density at radius 1 is 1.14 bits per heavy atom. The standard InChI is InChI=1S/C21H24N4O4/c1-13(22)23-10-4-7-17-18(20(27)28)25(19(17)26)21(29)24-12-14-8-9-15-5-2-3-6-16(15)11-14/h2-3,5-6,8-9,11,17-18,23H,1,4,7,10,12,22H2,(H,24,29)(H,27,28). The molecule has 0 radical (unpaired) electrons. The molecular weight excluding hydrogens is 372 g/mol. The van der Waals surface area contributed by atoms with Gasteiger partial charge < -0.3 is 21.5 Å². The molecule has 0 saturated carbocycles. The smallest absolute Gasteiger partial charge is 0.327 e. The average molecular weight is 396 g/mol. The summed E-state index contributed by atoms with van der Waals surface area (Å²) in [6.07, 6.45) is 0.896. The summed E-state index contributed by atoms with van der Waals surface area (Å²) in [6, 6.07) is 11.8. The van der Waals surface area contributed by atoms with E-state index in [0.717, 1.165) is 21.2 Å². The molecule has 8 heteroatoms. The molecule has 5 N–H and O–H groups in total. The van der Waals surface area contributed by atoms with Gasteiger partial charge >= 0.3 is 12.0 Å². The number of carbonyl (C=O) groups is 3. The number of nitrogens with zero attached hydrogens (tertiary/aromatic N) is 1. The number of aliphatic carboxylic acids is 1. The van der Waals surface area contributed by atoms with Gasteiger partial charge in [0, 0.05) is 13.1 Å². The number of urea groups is 1. The molecule has 8 nitrogen and oxygen atoms in total. The van der Waals surface area contributed by atoms with Crippen molar-refractivity contribution in [2.24, 2.45) is 11.7 Å². The highest BCUT2D eigenvalue weighted by atomic mass is 16.4. The van der Waals surface area contributed by atoms with Crippen molar-refractivity contribution in [2.75, 3.05) is 6.54 Å². The third-order valence-electron chi connectivity index (χ3n) is 4.99. The second kappa shape index (κ2) is 8.64. The quantitative estimate of drug-likeness (QED) is 0.398. The van der Waals surface area contributed by atoms with Crippen LogP contribution in [0.4, 0.5) is 4.79 Å². The molecule has 0 spiro atoms. The Hall–Kier alpha value is -3.55. The van der Waals surface area contributed by atoms with E-state index in [0.29, 0.717) is 25.2 Å². The maximum absolute atomic E-state index is 12.4. The molecule has 152 valence electrons. The highest BCUT2D eigenvalue weighted by Crippen LogP contribution is 2.31. The van der Waals surface area contributed by atoms with Crippen molar-refractivity contribution in [3.8, 4) is 0 Å². The second-order valence-corrected chi connectivity index (χ2v) is 7.03. The molecule has 3 rings (SSSR count). The fourth-order valence-electron chi connectivity index (χ4n) is 3.52. The Bertz CT molecular complexity index is 959. The van der Waals surface area contributed by atoms with Crippen molar-refractivity contribution in [2.45, 2.75) is 25.4 Å². The van der Waals surface area contributed by atoms with E-state index >= 15 is 0 Å². The van der Waals surface area contributed by atoms with E-state index in [2.05, 4.69) is 17.2 Å². The molecule has 0 aliphatic carbocycles. The normalized spacial score (nSPS) is 18.2. The highest BCUT2D eigenvalue weighted by molar-refractivity contribution is 6.07. The van der Waals surface area contributed by atoms with Crippen molar-refractivity contribution >= 4 is 28.7 Å². The maximum Gasteiger partial charge on any atom is 0.327 e. The predicted molar refractivity (Wildman–Crippen MR) is 109 cm³/mol. The van der Waals surface area contributed by atoms with Gasteiger partial charge in [-0.3, -0.25) is 4.79 Å². The molecular formula is C21H24N4O4. The number of benzene rings is 2. The van der Waals surface area contributed by atoms with E-state index in [1.807, 2.05) is 42.5 Å². The zero-order chi connectivity index (χ0) is 21.0. The number of rotatable bonds is 8. The minimum absolute atomic E-state index is 0.201. The lowest BCUT2D eigenvalue weighted by Gasteiger charge is -2.42. The van der Waals surface area contributed by atoms with E-state index in [1.54, 1.807) is 0 Å². The Balaban J connectivity index is 1.58. The highest BCUT2D eigenvalue weighted by Gasteiger charge is 2.54. The minimum Gasteiger partial charge on any atom is -0.480 e. The number of carboxylic acids is 1. The number of carboxylic acid groups (broad SMARTS) is 1. The first-order chi connectivity index (χ1) is 13.9. The van der Waals surface area contributed by atoms with Gasteiger partial charge in [0.15, 0.2) is 6.04 Å². The van der Waals surface area contributed by atoms with Crippen LogP contribution in [0.25, 0.3) is 10.8 Å². The summed E-state index contributed by atoms with van der Waals surface area (Å²) in [5.41, 5.74) is 6.27. The fraction of sp³-hybridized carbons (Fsp3) is 0.286. The predicted octanol–water partition coefficient (Wildman–Crippen LogP) is 1.76. The summed E-state index contributed by atoms with van der Waals surface area (Å²) < 4.78 is 0. The van der Waals surface area contributed by atoms with Crippen molar-refractivity contribution in [3.63, 3.8) is 0 Å². The molecule has 2 aromatic carbocycles. The topological polar surface area (TPSA) is 125 Å². The number of nitrogens with two attached hydrogens (primary N) is 1. The zero-order valence-electron chi connectivity index (χ0n) is 15.9. The lowest BCUT2D eigenvalue weighted by Crippen LogP contribution is -2.68. The summed E-state index contributed by atoms with van der Waals surface area (Å²) in [4.78, 5) is 37.2. The Morgan fingerprint density at radius 3 is 2.55 bits per heavy atom. The second-order valence-electron chi connectivity index (χ2n) is 7.03. The van der Waals surface area contributed by atoms with Gasteiger partial charge in [-0.25, -0.2) is 14.5 Å². The van der Waals surface area contributed by atoms with Gasteiger partial charge in [-0.05, 0) is 35.2 Å². The molecule has 29 heavy (non-hydrogen) atoms. The summed E-state index contributed by atoms with van der Waals surface area (Å²) in [7, 11) is 0. The number of amides is 3. The number of β-lactam (4-membered cyclic amide) rings is 1. The summed E-state index contributed by atoms with van der Waals surface area (Å²) in [6.45, 7) is 4.19. The van der Waals surface area contributed by atoms with Crippen LogP contribution >= 0.6 is 0 Å². The lowest BCUT2D eigenvalue weighted by molar-refractivity contribution is -0.166. The van der Waals surface area contributed by atoms with E-state index in [1.165, 1.54) is 0 Å². The van der Waals surface area contributed by atoms with Crippen LogP contribution in [-0.2, 0) is 16.1 Å². The van der Waals surface area contributed by atoms with Crippen molar-refractivity contribution in [1.29, 1.82) is 0 Å². The first-order valence-electron chi connectivity index (χ1n) is 9.38. The van der Waals surface area contributed by atoms with Crippen LogP contribution in [0.1, 0.15) is 18.4 Å². The Morgan fingerprint density at radius 2 is 1.86 bits per heavy atom. The number of fused-ring (bicyclic) bond motifs is 1. The molecule has 0 aromatic heterocycles. The number of hydrogen-bond donors (Lipinski definition) is 4. The Kier molecular flexibility index (Phi) is 6.01. The lowest BCUT2D eigenvalue weighted by atomic mass is 9.84. The summed E-state index contributed by atoms with van der Waals surface area (Å²) in [5, 5.41) is 17.1. The van der Waals surface area contributed by atoms with Crippen molar-refractivity contribution in [3.05, 3.63) is 60.4 Å². The van der Waals surface area contributed by atoms with Crippen LogP contribution in [0.15, 0.2) is 54.9 Å². The van der Waals surface area contributed by atoms with Gasteiger partial charge in [-0.15, -0.1) is 0 Å². The maximum atomic E-state index is 12.4. The van der Waals surface area contributed by atoms with Gasteiger partial charge in [0.2, 0.25) is 5.91 Å². The summed E-state index contributed by atoms with van der Waals surface area (Å²) >= 11 is 0. The van der Waals surface area contributed by atoms with Crippen molar-refractivity contribution < 1.29 is 19.5 Å². The molecule has 2 atom stereocenters. The third-order valence-corrected chi connectivity index (χ3v) is 4.99. The zero-order valence-corrected chi connectivity index (χ0v) is 15.9. The molecule has 1 saturated heterocycles. The molecule has 2 unspecified atom stereocenters. The molecule has 1 fully saturated rings. The van der Waals surface area contributed by atoms with Crippen LogP contribution in [0.2, 0.25) is 0 Å². The molecule has 1 aliphatic heterocycles. The molecule has 1 heterocycles. The van der Waals surface area contributed by atoms with Gasteiger partial charge in [-0.1, -0.05) is 43.0 Å². The first-order valence-corrected chi connectivity index (χ1v) is 9.38. The first kappa shape index (κ1) is 20.2. The number of nitrogens with one attached hydrogen (secondary N) is 2. The van der Waals surface area contributed by atoms with E-state index in [-0.39, 0.29) is 6.54 Å². The van der Waals surface area contributed by atoms with Crippen LogP contribution in [0.5, 0.6) is 0 Å². The number of imide groups is 1. The van der Waals surface area contributed by atoms with E-state index < -0.39 is 29.9 Å². The van der Waals surface area contributed by atoms with Gasteiger partial charge in [0.05, 0.1) is 11.7 Å². The molecule has 2 aromatic rings. The molecule has 0 bridgehead atoms. The van der Waals surface area contributed by atoms with Crippen LogP contribution in [0.3, 0.4) is 0 Å². The van der Waals surface area contributed by atoms with Crippen LogP contribution < -0.4 is 16.4 Å². The van der Waals surface area contributed by atoms with E-state index in [4.69, 9.17) is 5.73 Å². The Labute approximate surface area is 168 Å². The SMILES string of the molecule is C=C(N)NCCCC1C(=O)N(C(=O)NCc2ccc3ccccc3c2)C1C(=O)O. The largest absolute Gasteiger partial charge is 0.480 e. The number of carbonyl (C=O) groups excluding carboxylic acids is 2. The average Bonchev–Trinajstić information content (AvgIpc) is 2.69. The van der Waals surface area contributed by atoms with Crippen LogP contribution in [0, 0.1) is 5.92 Å². The number of hydrogen-bond acceptors (Lipinski definition) is 5. The molecule has 1 aliphatic rings. The van der Waals surface area contributed by atoms with Crippen molar-refractivity contribution in [1.82, 2.24) is 15.5 Å². The van der Waals surface area contributed by atoms with Gasteiger partial charge in [0.1, 0.15) is 0 Å². The minimum atomic E-state index is -1.19. The summed E-state index contributed by atoms with van der Waals surface area (Å²) in [5.74, 6) is -2.06. The fourth-order valence-corrected chi connectivity index (χ4v) is 3.52. The van der Waals surface area contributed by atoms with Crippen LogP contribution in [-0.4, -0.2) is 40.5 Å². The van der Waals surface area contributed by atoms with Gasteiger partial charge in [0.25, 0.3) is 0 Å². The number of likely N-dealkylation sites (tertiary alicyclic amines) is 1. The monoisotopic (exact) mass is 396 g/mol. The van der Waals surface area contributed by atoms with E-state index in [9.17, 15) is 19.5 Å². The van der Waals surface area contributed by atoms with Gasteiger partial charge in [-0.2, -0.15) is 0 Å². The third kappa shape index (κ3) is 4.48. The molecule has 3 amide bonds.